The van der Waals surface area contributed by atoms with Crippen LogP contribution in [0, 0.1) is 0 Å². The van der Waals surface area contributed by atoms with Gasteiger partial charge in [0.05, 0.1) is 25.1 Å². The number of aromatic nitrogens is 6. The Hall–Kier alpha value is -3.02. The van der Waals surface area contributed by atoms with Crippen molar-refractivity contribution < 1.29 is 38.2 Å². The van der Waals surface area contributed by atoms with Gasteiger partial charge in [0.15, 0.2) is 17.7 Å². The van der Waals surface area contributed by atoms with Crippen LogP contribution in [0.1, 0.15) is 25.8 Å². The number of nitrogen functional groups attached to an aromatic ring is 2. The summed E-state index contributed by atoms with van der Waals surface area (Å²) in [5.41, 5.74) is 11.2. The first-order valence-electron chi connectivity index (χ1n) is 11.1. The van der Waals surface area contributed by atoms with Gasteiger partial charge in [-0.3, -0.25) is 18.2 Å². The lowest BCUT2D eigenvalue weighted by molar-refractivity contribution is -0.0540. The van der Waals surface area contributed by atoms with E-state index >= 15 is 0 Å². The fourth-order valence-electron chi connectivity index (χ4n) is 4.26. The molecule has 2 aliphatic rings. The van der Waals surface area contributed by atoms with Crippen molar-refractivity contribution in [3.05, 3.63) is 35.4 Å². The van der Waals surface area contributed by atoms with Crippen LogP contribution in [0.5, 0.6) is 0 Å². The minimum Gasteiger partial charge on any atom is -0.387 e. The van der Waals surface area contributed by atoms with Gasteiger partial charge in [0.2, 0.25) is 0 Å². The molecule has 200 valence electrons. The second-order valence-electron chi connectivity index (χ2n) is 8.61. The highest BCUT2D eigenvalue weighted by Crippen LogP contribution is 2.49. The molecule has 7 N–H and O–H groups in total. The largest absolute Gasteiger partial charge is 0.472 e. The molecule has 3 aromatic rings. The molecule has 8 atom stereocenters. The Balaban J connectivity index is 1.21. The summed E-state index contributed by atoms with van der Waals surface area (Å²) in [6.45, 7) is 1.02. The molecular formula is C19H25N8O9P. The van der Waals surface area contributed by atoms with Crippen molar-refractivity contribution in [2.75, 3.05) is 18.1 Å². The smallest absolute Gasteiger partial charge is 0.387 e. The van der Waals surface area contributed by atoms with E-state index in [-0.39, 0.29) is 29.2 Å². The standard InChI is InChI=1S/C19H25N8O9P/c1-8-9(4-12(34-8)26-3-2-11(20)25-19(26)30)36-37(31,32)33-5-10-14(28)15(29)18(35-10)27-7-24-13-16(21)22-6-23-17(13)27/h2-3,6-10,12,14-15,18,28-29H,4-5H2,1H3,(H,31,32)(H2,20,25,30)(H2,21,22,23)/t8-,9+,10-,12-,14+,15-,18-/m1/s1. The zero-order chi connectivity index (χ0) is 26.5. The third-order valence-electron chi connectivity index (χ3n) is 6.16. The van der Waals surface area contributed by atoms with Crippen molar-refractivity contribution in [1.82, 2.24) is 29.1 Å². The summed E-state index contributed by atoms with van der Waals surface area (Å²) in [4.78, 5) is 38.0. The van der Waals surface area contributed by atoms with E-state index in [4.69, 9.17) is 30.0 Å². The topological polar surface area (TPSA) is 245 Å². The van der Waals surface area contributed by atoms with Crippen LogP contribution in [0.2, 0.25) is 0 Å². The van der Waals surface area contributed by atoms with E-state index in [0.717, 1.165) is 0 Å². The SMILES string of the molecule is C[C@H]1O[C@@H](n2ccc(N)nc2=O)C[C@@H]1OP(=O)(O)OC[C@H]1O[C@@H](n2cnc3c(N)ncnc32)[C@H](O)[C@H]1O. The molecule has 0 saturated carbocycles. The highest BCUT2D eigenvalue weighted by atomic mass is 31.2. The summed E-state index contributed by atoms with van der Waals surface area (Å²) in [6, 6.07) is 1.42. The van der Waals surface area contributed by atoms with Crippen LogP contribution in [0.4, 0.5) is 11.6 Å². The van der Waals surface area contributed by atoms with E-state index in [9.17, 15) is 24.5 Å². The minimum atomic E-state index is -4.67. The zero-order valence-corrected chi connectivity index (χ0v) is 20.2. The van der Waals surface area contributed by atoms with Gasteiger partial charge in [-0.25, -0.2) is 24.3 Å². The molecule has 5 heterocycles. The number of imidazole rings is 1. The normalized spacial score (nSPS) is 31.6. The number of aliphatic hydroxyl groups excluding tert-OH is 2. The number of hydrogen-bond acceptors (Lipinski definition) is 14. The van der Waals surface area contributed by atoms with Crippen molar-refractivity contribution in [1.29, 1.82) is 0 Å². The Labute approximate surface area is 208 Å². The summed E-state index contributed by atoms with van der Waals surface area (Å²) in [5, 5.41) is 21.0. The first-order chi connectivity index (χ1) is 17.5. The lowest BCUT2D eigenvalue weighted by atomic mass is 10.1. The molecule has 0 radical (unpaired) electrons. The second kappa shape index (κ2) is 9.70. The van der Waals surface area contributed by atoms with Crippen LogP contribution in [-0.4, -0.2) is 81.3 Å². The summed E-state index contributed by atoms with van der Waals surface area (Å²) in [7, 11) is -4.67. The molecule has 2 aliphatic heterocycles. The molecule has 18 heteroatoms. The first kappa shape index (κ1) is 25.6. The van der Waals surface area contributed by atoms with Gasteiger partial charge in [-0.15, -0.1) is 0 Å². The van der Waals surface area contributed by atoms with Gasteiger partial charge in [-0.05, 0) is 13.0 Å². The third-order valence-corrected chi connectivity index (χ3v) is 7.17. The number of phosphoric ester groups is 1. The molecule has 1 unspecified atom stereocenters. The number of nitrogens with zero attached hydrogens (tertiary/aromatic N) is 6. The molecule has 0 amide bonds. The Kier molecular flexibility index (Phi) is 6.71. The molecule has 5 rings (SSSR count). The van der Waals surface area contributed by atoms with Crippen molar-refractivity contribution in [2.24, 2.45) is 0 Å². The third kappa shape index (κ3) is 4.95. The van der Waals surface area contributed by atoms with Crippen LogP contribution >= 0.6 is 7.82 Å². The maximum atomic E-state index is 12.7. The highest BCUT2D eigenvalue weighted by molar-refractivity contribution is 7.47. The van der Waals surface area contributed by atoms with Crippen LogP contribution in [0.3, 0.4) is 0 Å². The van der Waals surface area contributed by atoms with Gasteiger partial charge in [0.1, 0.15) is 42.2 Å². The summed E-state index contributed by atoms with van der Waals surface area (Å²) < 4.78 is 36.9. The van der Waals surface area contributed by atoms with E-state index in [1.165, 1.54) is 34.1 Å². The van der Waals surface area contributed by atoms with Gasteiger partial charge >= 0.3 is 13.5 Å². The Morgan fingerprint density at radius 1 is 1.19 bits per heavy atom. The Morgan fingerprint density at radius 2 is 1.97 bits per heavy atom. The van der Waals surface area contributed by atoms with Crippen LogP contribution in [-0.2, 0) is 23.1 Å². The molecule has 37 heavy (non-hydrogen) atoms. The number of nitrogens with two attached hydrogens (primary N) is 2. The molecule has 0 aromatic carbocycles. The average molecular weight is 540 g/mol. The van der Waals surface area contributed by atoms with E-state index in [1.54, 1.807) is 6.92 Å². The number of anilines is 2. The lowest BCUT2D eigenvalue weighted by Gasteiger charge is -2.21. The van der Waals surface area contributed by atoms with Crippen LogP contribution in [0.15, 0.2) is 29.7 Å². The van der Waals surface area contributed by atoms with Gasteiger partial charge in [0.25, 0.3) is 0 Å². The van der Waals surface area contributed by atoms with Crippen molar-refractivity contribution >= 4 is 30.6 Å². The zero-order valence-electron chi connectivity index (χ0n) is 19.3. The molecule has 0 bridgehead atoms. The molecule has 17 nitrogen and oxygen atoms in total. The molecule has 0 spiro atoms. The fourth-order valence-corrected chi connectivity index (χ4v) is 5.25. The number of fused-ring (bicyclic) bond motifs is 1. The summed E-state index contributed by atoms with van der Waals surface area (Å²) in [6.07, 6.45) is -3.58. The van der Waals surface area contributed by atoms with E-state index in [2.05, 4.69) is 19.9 Å². The van der Waals surface area contributed by atoms with E-state index in [1.807, 2.05) is 0 Å². The van der Waals surface area contributed by atoms with E-state index in [0.29, 0.717) is 0 Å². The van der Waals surface area contributed by atoms with Gasteiger partial charge in [0, 0.05) is 12.6 Å². The quantitative estimate of drug-likeness (QED) is 0.218. The Morgan fingerprint density at radius 3 is 2.73 bits per heavy atom. The second-order valence-corrected chi connectivity index (χ2v) is 10.0. The minimum absolute atomic E-state index is 0.0515. The fraction of sp³-hybridized carbons (Fsp3) is 0.526. The van der Waals surface area contributed by atoms with Crippen LogP contribution in [0.25, 0.3) is 11.2 Å². The number of hydrogen-bond donors (Lipinski definition) is 5. The van der Waals surface area contributed by atoms with Crippen molar-refractivity contribution in [2.45, 2.75) is 56.3 Å². The Bertz CT molecular complexity index is 1400. The average Bonchev–Trinajstić information content (AvgIpc) is 3.50. The number of ether oxygens (including phenoxy) is 2. The molecule has 2 fully saturated rings. The highest BCUT2D eigenvalue weighted by Gasteiger charge is 2.46. The maximum absolute atomic E-state index is 12.7. The number of phosphoric acid groups is 1. The summed E-state index contributed by atoms with van der Waals surface area (Å²) >= 11 is 0. The molecule has 0 aliphatic carbocycles. The van der Waals surface area contributed by atoms with Gasteiger partial charge in [-0.1, -0.05) is 0 Å². The predicted molar refractivity (Wildman–Crippen MR) is 123 cm³/mol. The molecule has 3 aromatic heterocycles. The monoisotopic (exact) mass is 540 g/mol. The van der Waals surface area contributed by atoms with Crippen molar-refractivity contribution in [3.8, 4) is 0 Å². The number of aliphatic hydroxyl groups is 2. The predicted octanol–water partition coefficient (Wildman–Crippen LogP) is -1.32. The van der Waals surface area contributed by atoms with E-state index < -0.39 is 63.1 Å². The molecular weight excluding hydrogens is 515 g/mol. The maximum Gasteiger partial charge on any atom is 0.472 e. The van der Waals surface area contributed by atoms with Gasteiger partial charge in [-0.2, -0.15) is 4.98 Å². The first-order valence-corrected chi connectivity index (χ1v) is 12.6. The van der Waals surface area contributed by atoms with Crippen LogP contribution < -0.4 is 17.2 Å². The van der Waals surface area contributed by atoms with Gasteiger partial charge < -0.3 is 36.0 Å². The lowest BCUT2D eigenvalue weighted by Crippen LogP contribution is -2.33. The molecule has 2 saturated heterocycles. The summed E-state index contributed by atoms with van der Waals surface area (Å²) in [5.74, 6) is 0.176. The number of rotatable bonds is 7. The van der Waals surface area contributed by atoms with Crippen molar-refractivity contribution in [3.63, 3.8) is 0 Å².